The molecule has 2 N–H and O–H groups in total. The van der Waals surface area contributed by atoms with Crippen LogP contribution in [0.1, 0.15) is 25.7 Å². The number of halogens is 1. The van der Waals surface area contributed by atoms with E-state index >= 15 is 0 Å². The number of nitrogens with zero attached hydrogens (tertiary/aromatic N) is 2. The van der Waals surface area contributed by atoms with Crippen LogP contribution < -0.4 is 5.73 Å². The number of nitro groups is 1. The van der Waals surface area contributed by atoms with Crippen molar-refractivity contribution in [3.8, 4) is 0 Å². The number of sulfonamides is 1. The summed E-state index contributed by atoms with van der Waals surface area (Å²) in [6, 6.07) is 2.56. The maximum absolute atomic E-state index is 13.6. The molecule has 9 heteroatoms. The smallest absolute Gasteiger partial charge is 0.304 e. The van der Waals surface area contributed by atoms with Crippen LogP contribution in [0.3, 0.4) is 0 Å². The van der Waals surface area contributed by atoms with E-state index in [-0.39, 0.29) is 11.4 Å². The van der Waals surface area contributed by atoms with E-state index in [9.17, 15) is 22.9 Å². The molecule has 1 saturated heterocycles. The average Bonchev–Trinajstić information content (AvgIpc) is 2.63. The minimum atomic E-state index is -3.95. The molecule has 1 aliphatic heterocycles. The second-order valence-electron chi connectivity index (χ2n) is 4.90. The van der Waals surface area contributed by atoms with E-state index < -0.39 is 32.6 Å². The molecular weight excluding hydrogens is 301 g/mol. The molecule has 1 unspecified atom stereocenters. The highest BCUT2D eigenvalue weighted by Gasteiger charge is 2.31. The van der Waals surface area contributed by atoms with E-state index in [0.717, 1.165) is 29.3 Å². The Kier molecular flexibility index (Phi) is 4.55. The standard InChI is InChI=1S/C12H16FN3O4S/c13-10-8-9(5-6-11(10)16(17)18)21(19,20)15-7-3-1-2-4-12(15)14/h5-6,8,12H,1-4,7,14H2. The number of nitrogens with two attached hydrogens (primary N) is 1. The molecule has 1 aliphatic rings. The van der Waals surface area contributed by atoms with Crippen molar-refractivity contribution >= 4 is 15.7 Å². The third-order valence-electron chi connectivity index (χ3n) is 3.47. The predicted octanol–water partition coefficient (Wildman–Crippen LogP) is 1.58. The zero-order valence-corrected chi connectivity index (χ0v) is 12.1. The van der Waals surface area contributed by atoms with Gasteiger partial charge in [0.1, 0.15) is 0 Å². The summed E-state index contributed by atoms with van der Waals surface area (Å²) in [7, 11) is -3.95. The minimum absolute atomic E-state index is 0.266. The summed E-state index contributed by atoms with van der Waals surface area (Å²) in [5.74, 6) is -1.18. The number of benzene rings is 1. The average molecular weight is 317 g/mol. The van der Waals surface area contributed by atoms with Crippen LogP contribution in [0.2, 0.25) is 0 Å². The highest BCUT2D eigenvalue weighted by molar-refractivity contribution is 7.89. The topological polar surface area (TPSA) is 107 Å². The zero-order valence-electron chi connectivity index (χ0n) is 11.2. The van der Waals surface area contributed by atoms with Crippen LogP contribution in [0.5, 0.6) is 0 Å². The summed E-state index contributed by atoms with van der Waals surface area (Å²) >= 11 is 0. The quantitative estimate of drug-likeness (QED) is 0.673. The number of hydrogen-bond donors (Lipinski definition) is 1. The first-order valence-corrected chi connectivity index (χ1v) is 7.99. The molecule has 0 saturated carbocycles. The Balaban J connectivity index is 2.39. The lowest BCUT2D eigenvalue weighted by atomic mass is 10.2. The van der Waals surface area contributed by atoms with Crippen molar-refractivity contribution in [1.82, 2.24) is 4.31 Å². The van der Waals surface area contributed by atoms with Crippen molar-refractivity contribution in [2.24, 2.45) is 5.73 Å². The molecule has 0 aromatic heterocycles. The van der Waals surface area contributed by atoms with Crippen molar-refractivity contribution in [2.75, 3.05) is 6.54 Å². The first-order valence-electron chi connectivity index (χ1n) is 6.55. The van der Waals surface area contributed by atoms with E-state index in [1.54, 1.807) is 0 Å². The third-order valence-corrected chi connectivity index (χ3v) is 5.39. The molecule has 0 radical (unpaired) electrons. The van der Waals surface area contributed by atoms with Gasteiger partial charge in [-0.15, -0.1) is 0 Å². The van der Waals surface area contributed by atoms with Gasteiger partial charge >= 0.3 is 5.69 Å². The van der Waals surface area contributed by atoms with Gasteiger partial charge < -0.3 is 5.73 Å². The van der Waals surface area contributed by atoms with Crippen LogP contribution in [0.15, 0.2) is 23.1 Å². The van der Waals surface area contributed by atoms with Crippen LogP contribution >= 0.6 is 0 Å². The zero-order chi connectivity index (χ0) is 15.6. The largest absolute Gasteiger partial charge is 0.315 e. The molecule has 0 bridgehead atoms. The van der Waals surface area contributed by atoms with Crippen molar-refractivity contribution in [2.45, 2.75) is 36.7 Å². The number of hydrogen-bond acceptors (Lipinski definition) is 5. The number of rotatable bonds is 3. The summed E-state index contributed by atoms with van der Waals surface area (Å²) in [5.41, 5.74) is 5.11. The normalized spacial score (nSPS) is 21.0. The first-order chi connectivity index (χ1) is 9.84. The van der Waals surface area contributed by atoms with Crippen molar-refractivity contribution in [1.29, 1.82) is 0 Å². The first kappa shape index (κ1) is 15.8. The molecule has 2 rings (SSSR count). The Bertz CT molecular complexity index is 650. The van der Waals surface area contributed by atoms with Gasteiger partial charge in [-0.25, -0.2) is 8.42 Å². The van der Waals surface area contributed by atoms with Gasteiger partial charge in [-0.05, 0) is 18.9 Å². The molecule has 0 spiro atoms. The van der Waals surface area contributed by atoms with Crippen LogP contribution in [-0.4, -0.2) is 30.4 Å². The Morgan fingerprint density at radius 3 is 2.67 bits per heavy atom. The van der Waals surface area contributed by atoms with Gasteiger partial charge in [0.15, 0.2) is 0 Å². The lowest BCUT2D eigenvalue weighted by Gasteiger charge is -2.25. The fourth-order valence-corrected chi connectivity index (χ4v) is 3.93. The third kappa shape index (κ3) is 3.20. The molecule has 1 atom stereocenters. The molecule has 1 aromatic rings. The highest BCUT2D eigenvalue weighted by Crippen LogP contribution is 2.26. The SMILES string of the molecule is NC1CCCCCN1S(=O)(=O)c1ccc([N+](=O)[O-])c(F)c1. The molecule has 1 aromatic carbocycles. The van der Waals surface area contributed by atoms with E-state index in [1.165, 1.54) is 0 Å². The summed E-state index contributed by atoms with van der Waals surface area (Å²) in [5, 5.41) is 10.6. The van der Waals surface area contributed by atoms with Gasteiger partial charge in [-0.2, -0.15) is 8.70 Å². The van der Waals surface area contributed by atoms with Gasteiger partial charge in [0.2, 0.25) is 15.8 Å². The van der Waals surface area contributed by atoms with Gasteiger partial charge in [-0.1, -0.05) is 12.8 Å². The van der Waals surface area contributed by atoms with E-state index in [4.69, 9.17) is 5.73 Å². The molecule has 116 valence electrons. The predicted molar refractivity (Wildman–Crippen MR) is 73.4 cm³/mol. The van der Waals surface area contributed by atoms with Crippen molar-refractivity contribution < 1.29 is 17.7 Å². The summed E-state index contributed by atoms with van der Waals surface area (Å²) < 4.78 is 39.7. The molecule has 0 aliphatic carbocycles. The van der Waals surface area contributed by atoms with Crippen molar-refractivity contribution in [3.05, 3.63) is 34.1 Å². The summed E-state index contributed by atoms with van der Waals surface area (Å²) in [6.45, 7) is 0.266. The van der Waals surface area contributed by atoms with Crippen LogP contribution in [-0.2, 0) is 10.0 Å². The second kappa shape index (κ2) is 6.04. The van der Waals surface area contributed by atoms with Crippen LogP contribution in [0, 0.1) is 15.9 Å². The lowest BCUT2D eigenvalue weighted by Crippen LogP contribution is -2.45. The van der Waals surface area contributed by atoms with Crippen LogP contribution in [0.4, 0.5) is 10.1 Å². The highest BCUT2D eigenvalue weighted by atomic mass is 32.2. The van der Waals surface area contributed by atoms with E-state index in [1.807, 2.05) is 0 Å². The second-order valence-corrected chi connectivity index (χ2v) is 6.79. The Labute approximate surface area is 121 Å². The van der Waals surface area contributed by atoms with Gasteiger partial charge in [-0.3, -0.25) is 10.1 Å². The maximum atomic E-state index is 13.6. The maximum Gasteiger partial charge on any atom is 0.304 e. The molecular formula is C12H16FN3O4S. The molecule has 7 nitrogen and oxygen atoms in total. The fraction of sp³-hybridized carbons (Fsp3) is 0.500. The molecule has 1 heterocycles. The lowest BCUT2D eigenvalue weighted by molar-refractivity contribution is -0.387. The van der Waals surface area contributed by atoms with Gasteiger partial charge in [0.05, 0.1) is 16.0 Å². The Hall–Kier alpha value is -1.58. The molecule has 0 amide bonds. The molecule has 21 heavy (non-hydrogen) atoms. The fourth-order valence-electron chi connectivity index (χ4n) is 2.34. The van der Waals surface area contributed by atoms with Gasteiger partial charge in [0, 0.05) is 18.7 Å². The van der Waals surface area contributed by atoms with E-state index in [0.29, 0.717) is 18.9 Å². The van der Waals surface area contributed by atoms with Crippen molar-refractivity contribution in [3.63, 3.8) is 0 Å². The Morgan fingerprint density at radius 2 is 2.05 bits per heavy atom. The Morgan fingerprint density at radius 1 is 1.33 bits per heavy atom. The molecule has 1 fully saturated rings. The van der Waals surface area contributed by atoms with Crippen LogP contribution in [0.25, 0.3) is 0 Å². The number of nitro benzene ring substituents is 1. The monoisotopic (exact) mass is 317 g/mol. The van der Waals surface area contributed by atoms with E-state index in [2.05, 4.69) is 0 Å². The minimum Gasteiger partial charge on any atom is -0.315 e. The summed E-state index contributed by atoms with van der Waals surface area (Å²) in [6.07, 6.45) is 2.28. The van der Waals surface area contributed by atoms with Gasteiger partial charge in [0.25, 0.3) is 0 Å². The summed E-state index contributed by atoms with van der Waals surface area (Å²) in [4.78, 5) is 9.35.